The van der Waals surface area contributed by atoms with Crippen LogP contribution < -0.4 is 5.32 Å². The molecule has 1 N–H and O–H groups in total. The number of nitrogens with one attached hydrogen (secondary N) is 1. The zero-order valence-electron chi connectivity index (χ0n) is 7.38. The first-order chi connectivity index (χ1) is 5.49. The Labute approximate surface area is 70.7 Å². The fourth-order valence-electron chi connectivity index (χ4n) is 1.06. The van der Waals surface area contributed by atoms with E-state index < -0.39 is 11.6 Å². The molecule has 0 bridgehead atoms. The normalized spacial score (nSPS) is 21.4. The van der Waals surface area contributed by atoms with Crippen LogP contribution in [0.25, 0.3) is 0 Å². The first-order valence-electron chi connectivity index (χ1n) is 3.62. The van der Waals surface area contributed by atoms with Crippen LogP contribution in [0.2, 0.25) is 0 Å². The molecule has 0 spiro atoms. The van der Waals surface area contributed by atoms with E-state index in [1.54, 1.807) is 13.8 Å². The molecule has 68 valence electrons. The Hall–Kier alpha value is -1.10. The van der Waals surface area contributed by atoms with Crippen molar-refractivity contribution < 1.29 is 14.3 Å². The molecule has 1 heterocycles. The predicted octanol–water partition coefficient (Wildman–Crippen LogP) is -0.0793. The Balaban J connectivity index is 2.78. The van der Waals surface area contributed by atoms with Crippen LogP contribution in [0, 0.1) is 0 Å². The molecule has 12 heavy (non-hydrogen) atoms. The van der Waals surface area contributed by atoms with E-state index in [0.29, 0.717) is 0 Å². The lowest BCUT2D eigenvalue weighted by molar-refractivity contribution is -0.133. The number of carbonyl (C=O) groups excluding carboxylic acids is 2. The van der Waals surface area contributed by atoms with Gasteiger partial charge in [-0.2, -0.15) is 0 Å². The van der Waals surface area contributed by atoms with Crippen LogP contribution in [0.4, 0.5) is 4.79 Å². The number of methoxy groups -OCH3 is 1. The molecule has 5 nitrogen and oxygen atoms in total. The fraction of sp³-hybridized carbons (Fsp3) is 0.714. The highest BCUT2D eigenvalue weighted by molar-refractivity contribution is 6.06. The molecule has 1 fully saturated rings. The lowest BCUT2D eigenvalue weighted by atomic mass is 10.1. The third-order valence-corrected chi connectivity index (χ3v) is 1.70. The van der Waals surface area contributed by atoms with Crippen molar-refractivity contribution in [1.29, 1.82) is 0 Å². The van der Waals surface area contributed by atoms with Gasteiger partial charge in [-0.15, -0.1) is 0 Å². The summed E-state index contributed by atoms with van der Waals surface area (Å²) in [6.07, 6.45) is 0. The third kappa shape index (κ3) is 1.27. The van der Waals surface area contributed by atoms with Gasteiger partial charge in [-0.25, -0.2) is 9.69 Å². The van der Waals surface area contributed by atoms with Crippen molar-refractivity contribution in [2.24, 2.45) is 0 Å². The Morgan fingerprint density at radius 2 is 2.08 bits per heavy atom. The van der Waals surface area contributed by atoms with E-state index in [9.17, 15) is 9.59 Å². The molecule has 0 radical (unpaired) electrons. The number of urea groups is 1. The van der Waals surface area contributed by atoms with Gasteiger partial charge >= 0.3 is 6.03 Å². The van der Waals surface area contributed by atoms with Gasteiger partial charge in [0.05, 0.1) is 0 Å². The van der Waals surface area contributed by atoms with E-state index in [4.69, 9.17) is 4.74 Å². The summed E-state index contributed by atoms with van der Waals surface area (Å²) in [7, 11) is 1.44. The van der Waals surface area contributed by atoms with Crippen LogP contribution in [0.15, 0.2) is 0 Å². The van der Waals surface area contributed by atoms with Crippen molar-refractivity contribution >= 4 is 11.9 Å². The number of nitrogens with zero attached hydrogens (tertiary/aromatic N) is 1. The van der Waals surface area contributed by atoms with Gasteiger partial charge in [0, 0.05) is 7.11 Å². The van der Waals surface area contributed by atoms with Crippen LogP contribution in [0.3, 0.4) is 0 Å². The topological polar surface area (TPSA) is 58.6 Å². The average molecular weight is 172 g/mol. The zero-order chi connectivity index (χ0) is 9.35. The molecule has 0 aromatic rings. The lowest BCUT2D eigenvalue weighted by Crippen LogP contribution is -2.40. The van der Waals surface area contributed by atoms with Gasteiger partial charge in [0.2, 0.25) is 0 Å². The number of rotatable bonds is 2. The molecule has 1 aliphatic heterocycles. The summed E-state index contributed by atoms with van der Waals surface area (Å²) < 4.78 is 4.70. The summed E-state index contributed by atoms with van der Waals surface area (Å²) in [6.45, 7) is 3.32. The molecule has 1 rings (SSSR count). The van der Waals surface area contributed by atoms with Crippen LogP contribution in [0.1, 0.15) is 13.8 Å². The summed E-state index contributed by atoms with van der Waals surface area (Å²) >= 11 is 0. The van der Waals surface area contributed by atoms with Crippen molar-refractivity contribution in [2.45, 2.75) is 19.4 Å². The maximum atomic E-state index is 11.4. The van der Waals surface area contributed by atoms with Crippen LogP contribution in [-0.2, 0) is 9.53 Å². The Bertz CT molecular complexity index is 225. The Morgan fingerprint density at radius 1 is 1.50 bits per heavy atom. The van der Waals surface area contributed by atoms with E-state index in [-0.39, 0.29) is 12.6 Å². The van der Waals surface area contributed by atoms with Crippen molar-refractivity contribution in [3.05, 3.63) is 0 Å². The minimum absolute atomic E-state index is 0.00803. The number of hydrogen-bond donors (Lipinski definition) is 1. The van der Waals surface area contributed by atoms with Crippen LogP contribution in [-0.4, -0.2) is 36.2 Å². The largest absolute Gasteiger partial charge is 0.364 e. The third-order valence-electron chi connectivity index (χ3n) is 1.70. The van der Waals surface area contributed by atoms with Gasteiger partial charge in [-0.05, 0) is 13.8 Å². The highest BCUT2D eigenvalue weighted by Gasteiger charge is 2.43. The van der Waals surface area contributed by atoms with Crippen molar-refractivity contribution in [1.82, 2.24) is 10.2 Å². The van der Waals surface area contributed by atoms with Gasteiger partial charge in [0.1, 0.15) is 12.3 Å². The minimum atomic E-state index is -0.796. The standard InChI is InChI=1S/C7H12N2O3/c1-7(2)5(10)9(4-12-3)6(11)8-7/h4H2,1-3H3,(H,8,11). The van der Waals surface area contributed by atoms with E-state index in [1.807, 2.05) is 0 Å². The van der Waals surface area contributed by atoms with E-state index >= 15 is 0 Å². The van der Waals surface area contributed by atoms with Crippen molar-refractivity contribution in [3.8, 4) is 0 Å². The minimum Gasteiger partial charge on any atom is -0.364 e. The van der Waals surface area contributed by atoms with E-state index in [1.165, 1.54) is 7.11 Å². The second-order valence-corrected chi connectivity index (χ2v) is 3.21. The van der Waals surface area contributed by atoms with Gasteiger partial charge < -0.3 is 10.1 Å². The summed E-state index contributed by atoms with van der Waals surface area (Å²) in [4.78, 5) is 23.5. The molecule has 0 atom stereocenters. The first-order valence-corrected chi connectivity index (χ1v) is 3.62. The Kier molecular flexibility index (Phi) is 2.06. The zero-order valence-corrected chi connectivity index (χ0v) is 7.38. The molecule has 3 amide bonds. The number of amides is 3. The monoisotopic (exact) mass is 172 g/mol. The highest BCUT2D eigenvalue weighted by atomic mass is 16.5. The maximum Gasteiger partial charge on any atom is 0.326 e. The lowest BCUT2D eigenvalue weighted by Gasteiger charge is -2.14. The maximum absolute atomic E-state index is 11.4. The second kappa shape index (κ2) is 2.75. The summed E-state index contributed by atoms with van der Waals surface area (Å²) in [5.41, 5.74) is -0.796. The predicted molar refractivity (Wildman–Crippen MR) is 41.3 cm³/mol. The summed E-state index contributed by atoms with van der Waals surface area (Å²) in [5, 5.41) is 2.54. The number of imide groups is 1. The molecular formula is C7H12N2O3. The number of carbonyl (C=O) groups is 2. The first kappa shape index (κ1) is 8.99. The SMILES string of the molecule is COCN1C(=O)NC(C)(C)C1=O. The fourth-order valence-corrected chi connectivity index (χ4v) is 1.06. The molecule has 0 aromatic carbocycles. The molecule has 0 aromatic heterocycles. The van der Waals surface area contributed by atoms with Gasteiger partial charge in [-0.3, -0.25) is 4.79 Å². The molecule has 0 unspecified atom stereocenters. The highest BCUT2D eigenvalue weighted by Crippen LogP contribution is 2.15. The number of hydrogen-bond acceptors (Lipinski definition) is 3. The van der Waals surface area contributed by atoms with Crippen molar-refractivity contribution in [2.75, 3.05) is 13.8 Å². The average Bonchev–Trinajstić information content (AvgIpc) is 2.13. The molecule has 1 aliphatic rings. The van der Waals surface area contributed by atoms with Gasteiger partial charge in [0.25, 0.3) is 5.91 Å². The Morgan fingerprint density at radius 3 is 2.42 bits per heavy atom. The van der Waals surface area contributed by atoms with E-state index in [0.717, 1.165) is 4.90 Å². The van der Waals surface area contributed by atoms with Crippen molar-refractivity contribution in [3.63, 3.8) is 0 Å². The van der Waals surface area contributed by atoms with Gasteiger partial charge in [0.15, 0.2) is 0 Å². The van der Waals surface area contributed by atoms with Crippen LogP contribution >= 0.6 is 0 Å². The molecular weight excluding hydrogens is 160 g/mol. The smallest absolute Gasteiger partial charge is 0.326 e. The molecule has 0 saturated carbocycles. The van der Waals surface area contributed by atoms with Crippen LogP contribution in [0.5, 0.6) is 0 Å². The summed E-state index contributed by atoms with van der Waals surface area (Å²) in [5.74, 6) is -0.255. The quantitative estimate of drug-likeness (QED) is 0.593. The molecule has 1 saturated heterocycles. The number of ether oxygens (including phenoxy) is 1. The van der Waals surface area contributed by atoms with Gasteiger partial charge in [-0.1, -0.05) is 0 Å². The van der Waals surface area contributed by atoms with E-state index in [2.05, 4.69) is 5.32 Å². The summed E-state index contributed by atoms with van der Waals surface area (Å²) in [6, 6.07) is -0.396. The second-order valence-electron chi connectivity index (χ2n) is 3.21. The molecule has 0 aliphatic carbocycles. The molecule has 5 heteroatoms.